The van der Waals surface area contributed by atoms with Crippen molar-refractivity contribution in [3.05, 3.63) is 64.7 Å². The van der Waals surface area contributed by atoms with Crippen LogP contribution in [0.2, 0.25) is 0 Å². The quantitative estimate of drug-likeness (QED) is 0.372. The van der Waals surface area contributed by atoms with Crippen molar-refractivity contribution in [3.63, 3.8) is 0 Å². The molecule has 2 aromatic carbocycles. The first-order valence-corrected chi connectivity index (χ1v) is 11.6. The number of carbonyl (C=O) groups is 1. The van der Waals surface area contributed by atoms with Crippen LogP contribution in [0.5, 0.6) is 5.75 Å². The highest BCUT2D eigenvalue weighted by atomic mass is 32.1. The number of benzene rings is 2. The summed E-state index contributed by atoms with van der Waals surface area (Å²) in [6, 6.07) is 14.4. The summed E-state index contributed by atoms with van der Waals surface area (Å²) in [5.41, 5.74) is 5.86. The van der Waals surface area contributed by atoms with Crippen molar-refractivity contribution < 1.29 is 9.53 Å². The molecule has 0 aliphatic heterocycles. The maximum atomic E-state index is 13.2. The van der Waals surface area contributed by atoms with Gasteiger partial charge in [-0.05, 0) is 56.5 Å². The van der Waals surface area contributed by atoms with Crippen molar-refractivity contribution in [2.75, 3.05) is 11.9 Å². The molecular weight excluding hydrogens is 406 g/mol. The number of rotatable bonds is 7. The molecule has 0 aliphatic rings. The van der Waals surface area contributed by atoms with Gasteiger partial charge in [0.2, 0.25) is 0 Å². The minimum atomic E-state index is -0.143. The highest BCUT2D eigenvalue weighted by Gasteiger charge is 2.21. The van der Waals surface area contributed by atoms with Crippen LogP contribution in [-0.4, -0.2) is 22.1 Å². The van der Waals surface area contributed by atoms with E-state index in [2.05, 4.69) is 41.5 Å². The van der Waals surface area contributed by atoms with Crippen molar-refractivity contribution >= 4 is 33.3 Å². The lowest BCUT2D eigenvalue weighted by Gasteiger charge is -2.08. The third kappa shape index (κ3) is 4.08. The molecule has 0 atom stereocenters. The summed E-state index contributed by atoms with van der Waals surface area (Å²) in [7, 11) is 0. The minimum absolute atomic E-state index is 0.143. The van der Waals surface area contributed by atoms with Crippen LogP contribution in [0.4, 0.5) is 5.13 Å². The molecule has 0 fully saturated rings. The Kier molecular flexibility index (Phi) is 6.09. The highest BCUT2D eigenvalue weighted by molar-refractivity contribution is 7.14. The van der Waals surface area contributed by atoms with E-state index < -0.39 is 0 Å². The Morgan fingerprint density at radius 2 is 1.90 bits per heavy atom. The van der Waals surface area contributed by atoms with Crippen molar-refractivity contribution in [2.45, 2.75) is 40.7 Å². The summed E-state index contributed by atoms with van der Waals surface area (Å²) in [5, 5.41) is 6.62. The zero-order valence-corrected chi connectivity index (χ0v) is 19.2. The van der Waals surface area contributed by atoms with E-state index in [1.54, 1.807) is 0 Å². The van der Waals surface area contributed by atoms with Crippen LogP contribution < -0.4 is 10.1 Å². The molecule has 5 nitrogen and oxygen atoms in total. The zero-order valence-electron chi connectivity index (χ0n) is 18.4. The third-order valence-corrected chi connectivity index (χ3v) is 6.27. The van der Waals surface area contributed by atoms with Gasteiger partial charge >= 0.3 is 0 Å². The summed E-state index contributed by atoms with van der Waals surface area (Å²) in [5.74, 6) is 0.674. The zero-order chi connectivity index (χ0) is 22.0. The molecule has 0 aliphatic carbocycles. The molecule has 4 rings (SSSR count). The van der Waals surface area contributed by atoms with Crippen LogP contribution in [-0.2, 0) is 13.0 Å². The summed E-state index contributed by atoms with van der Waals surface area (Å²) in [6.07, 6.45) is 1.01. The number of amides is 1. The molecule has 2 heterocycles. The number of hydrogen-bond donors (Lipinski definition) is 1. The average molecular weight is 434 g/mol. The molecule has 160 valence electrons. The minimum Gasteiger partial charge on any atom is -0.494 e. The number of nitrogens with one attached hydrogen (secondary N) is 1. The number of hydrogen-bond acceptors (Lipinski definition) is 4. The van der Waals surface area contributed by atoms with E-state index in [9.17, 15) is 4.79 Å². The number of thiazole rings is 1. The number of anilines is 1. The van der Waals surface area contributed by atoms with E-state index in [1.165, 1.54) is 16.9 Å². The van der Waals surface area contributed by atoms with Crippen molar-refractivity contribution in [1.82, 2.24) is 9.55 Å². The van der Waals surface area contributed by atoms with Gasteiger partial charge in [-0.25, -0.2) is 4.98 Å². The van der Waals surface area contributed by atoms with Gasteiger partial charge in [-0.1, -0.05) is 31.2 Å². The summed E-state index contributed by atoms with van der Waals surface area (Å²) < 4.78 is 7.70. The molecular formula is C25H27N3O2S. The van der Waals surface area contributed by atoms with Gasteiger partial charge in [0.15, 0.2) is 5.13 Å². The van der Waals surface area contributed by atoms with Gasteiger partial charge in [0.1, 0.15) is 11.4 Å². The first-order chi connectivity index (χ1) is 15.0. The topological polar surface area (TPSA) is 56.1 Å². The number of carbonyl (C=O) groups excluding carboxylic acids is 1. The summed E-state index contributed by atoms with van der Waals surface area (Å²) >= 11 is 1.44. The molecule has 2 aromatic heterocycles. The van der Waals surface area contributed by atoms with Crippen molar-refractivity contribution in [2.24, 2.45) is 0 Å². The molecule has 31 heavy (non-hydrogen) atoms. The third-order valence-electron chi connectivity index (χ3n) is 5.51. The molecule has 1 amide bonds. The van der Waals surface area contributed by atoms with E-state index in [0.717, 1.165) is 39.9 Å². The standard InChI is InChI=1S/C25H27N3O2S/c1-5-17-8-10-18(11-9-17)21-15-31-25(26-21)27-24(29)23-16(4)20-14-19(30-7-3)12-13-22(20)28(23)6-2/h8-15H,5-7H2,1-4H3,(H,26,27,29). The monoisotopic (exact) mass is 433 g/mol. The van der Waals surface area contributed by atoms with Crippen LogP contribution in [0.25, 0.3) is 22.2 Å². The Morgan fingerprint density at radius 1 is 1.13 bits per heavy atom. The van der Waals surface area contributed by atoms with E-state index in [4.69, 9.17) is 4.74 Å². The Morgan fingerprint density at radius 3 is 2.58 bits per heavy atom. The molecule has 0 saturated heterocycles. The lowest BCUT2D eigenvalue weighted by molar-refractivity contribution is 0.101. The molecule has 1 N–H and O–H groups in total. The molecule has 0 unspecified atom stereocenters. The van der Waals surface area contributed by atoms with Crippen molar-refractivity contribution in [3.8, 4) is 17.0 Å². The Hall–Kier alpha value is -3.12. The number of aryl methyl sites for hydroxylation is 3. The predicted octanol–water partition coefficient (Wildman–Crippen LogP) is 6.31. The number of fused-ring (bicyclic) bond motifs is 1. The fourth-order valence-electron chi connectivity index (χ4n) is 3.91. The normalized spacial score (nSPS) is 11.1. The highest BCUT2D eigenvalue weighted by Crippen LogP contribution is 2.31. The molecule has 0 spiro atoms. The molecule has 0 radical (unpaired) electrons. The summed E-state index contributed by atoms with van der Waals surface area (Å²) in [4.78, 5) is 17.9. The van der Waals surface area contributed by atoms with Gasteiger partial charge in [0.25, 0.3) is 5.91 Å². The van der Waals surface area contributed by atoms with Crippen LogP contribution in [0, 0.1) is 6.92 Å². The van der Waals surface area contributed by atoms with Gasteiger partial charge in [0.05, 0.1) is 12.3 Å². The lowest BCUT2D eigenvalue weighted by Crippen LogP contribution is -2.17. The lowest BCUT2D eigenvalue weighted by atomic mass is 10.1. The largest absolute Gasteiger partial charge is 0.494 e. The van der Waals surface area contributed by atoms with Gasteiger partial charge in [-0.2, -0.15) is 0 Å². The number of ether oxygens (including phenoxy) is 1. The second-order valence-corrected chi connectivity index (χ2v) is 8.23. The SMILES string of the molecule is CCOc1ccc2c(c1)c(C)c(C(=O)Nc1nc(-c3ccc(CC)cc3)cs1)n2CC. The molecule has 6 heteroatoms. The van der Waals surface area contributed by atoms with Crippen LogP contribution in [0.3, 0.4) is 0 Å². The fourth-order valence-corrected chi connectivity index (χ4v) is 4.63. The smallest absolute Gasteiger partial charge is 0.274 e. The van der Waals surface area contributed by atoms with Gasteiger partial charge in [0, 0.05) is 28.4 Å². The maximum absolute atomic E-state index is 13.2. The number of aromatic nitrogens is 2. The van der Waals surface area contributed by atoms with Gasteiger partial charge < -0.3 is 9.30 Å². The number of nitrogens with zero attached hydrogens (tertiary/aromatic N) is 2. The second kappa shape index (κ2) is 8.94. The van der Waals surface area contributed by atoms with Crippen LogP contribution in [0.15, 0.2) is 47.8 Å². The van der Waals surface area contributed by atoms with E-state index in [-0.39, 0.29) is 5.91 Å². The summed E-state index contributed by atoms with van der Waals surface area (Å²) in [6.45, 7) is 9.46. The molecule has 0 bridgehead atoms. The van der Waals surface area contributed by atoms with Crippen LogP contribution >= 0.6 is 11.3 Å². The van der Waals surface area contributed by atoms with Gasteiger partial charge in [-0.3, -0.25) is 10.1 Å². The first kappa shape index (κ1) is 21.1. The van der Waals surface area contributed by atoms with Crippen LogP contribution in [0.1, 0.15) is 42.4 Å². The van der Waals surface area contributed by atoms with Gasteiger partial charge in [-0.15, -0.1) is 11.3 Å². The Labute approximate surface area is 186 Å². The fraction of sp³-hybridized carbons (Fsp3) is 0.280. The maximum Gasteiger partial charge on any atom is 0.274 e. The predicted molar refractivity (Wildman–Crippen MR) is 128 cm³/mol. The average Bonchev–Trinajstić information content (AvgIpc) is 3.36. The molecule has 0 saturated carbocycles. The van der Waals surface area contributed by atoms with E-state index in [1.807, 2.05) is 48.9 Å². The Balaban J connectivity index is 1.62. The molecule has 4 aromatic rings. The van der Waals surface area contributed by atoms with Crippen molar-refractivity contribution in [1.29, 1.82) is 0 Å². The van der Waals surface area contributed by atoms with E-state index in [0.29, 0.717) is 24.0 Å². The second-order valence-electron chi connectivity index (χ2n) is 7.37. The Bertz CT molecular complexity index is 1220. The first-order valence-electron chi connectivity index (χ1n) is 10.7. The van der Waals surface area contributed by atoms with E-state index >= 15 is 0 Å².